The molecule has 0 aliphatic carbocycles. The van der Waals surface area contributed by atoms with Gasteiger partial charge in [0.2, 0.25) is 0 Å². The summed E-state index contributed by atoms with van der Waals surface area (Å²) >= 11 is 0. The zero-order valence-electron chi connectivity index (χ0n) is 10.4. The molecule has 3 heterocycles. The molecule has 0 spiro atoms. The number of ether oxygens (including phenoxy) is 3. The van der Waals surface area contributed by atoms with Gasteiger partial charge in [-0.05, 0) is 6.07 Å². The largest absolute Gasteiger partial charge is 0.365 e. The Hall–Kier alpha value is -1.21. The van der Waals surface area contributed by atoms with Gasteiger partial charge in [0.05, 0.1) is 26.0 Å². The zero-order chi connectivity index (χ0) is 12.9. The number of hydrogen-bond donors (Lipinski definition) is 1. The van der Waals surface area contributed by atoms with E-state index >= 15 is 0 Å². The van der Waals surface area contributed by atoms with Crippen LogP contribution < -0.4 is 5.32 Å². The Balaban J connectivity index is 0.000000141. The summed E-state index contributed by atoms with van der Waals surface area (Å²) in [5.41, 5.74) is 0. The normalized spacial score (nSPS) is 21.4. The van der Waals surface area contributed by atoms with Gasteiger partial charge in [-0.1, -0.05) is 11.2 Å². The van der Waals surface area contributed by atoms with E-state index in [0.29, 0.717) is 6.79 Å². The van der Waals surface area contributed by atoms with E-state index < -0.39 is 0 Å². The monoisotopic (exact) mass is 256 g/mol. The van der Waals surface area contributed by atoms with E-state index in [1.54, 1.807) is 12.3 Å². The lowest BCUT2D eigenvalue weighted by Crippen LogP contribution is -2.21. The molecule has 0 aromatic carbocycles. The maximum absolute atomic E-state index is 5.21. The summed E-state index contributed by atoms with van der Waals surface area (Å²) in [6.07, 6.45) is 6.12. The van der Waals surface area contributed by atoms with Crippen LogP contribution in [0.2, 0.25) is 0 Å². The summed E-state index contributed by atoms with van der Waals surface area (Å²) in [6, 6.07) is 1.72. The molecule has 0 bridgehead atoms. The van der Waals surface area contributed by atoms with Gasteiger partial charge in [-0.2, -0.15) is 0 Å². The Morgan fingerprint density at radius 3 is 2.50 bits per heavy atom. The molecular weight excluding hydrogens is 236 g/mol. The van der Waals surface area contributed by atoms with Crippen LogP contribution in [-0.4, -0.2) is 44.5 Å². The summed E-state index contributed by atoms with van der Waals surface area (Å²) in [5.74, 6) is 0. The first-order valence-electron chi connectivity index (χ1n) is 5.89. The predicted molar refractivity (Wildman–Crippen MR) is 65.8 cm³/mol. The first kappa shape index (κ1) is 14.8. The third-order valence-electron chi connectivity index (χ3n) is 2.06. The summed E-state index contributed by atoms with van der Waals surface area (Å²) in [4.78, 5) is 0. The lowest BCUT2D eigenvalue weighted by atomic mass is 10.4. The third-order valence-corrected chi connectivity index (χ3v) is 2.06. The van der Waals surface area contributed by atoms with E-state index in [4.69, 9.17) is 14.2 Å². The highest BCUT2D eigenvalue weighted by molar-refractivity contribution is 4.74. The van der Waals surface area contributed by atoms with E-state index in [9.17, 15) is 0 Å². The quantitative estimate of drug-likeness (QED) is 0.801. The van der Waals surface area contributed by atoms with Crippen molar-refractivity contribution in [2.24, 2.45) is 0 Å². The van der Waals surface area contributed by atoms with Crippen LogP contribution in [0.25, 0.3) is 0 Å². The number of nitrogens with one attached hydrogen (secondary N) is 1. The standard InChI is InChI=1S/C6H11NO.C3H3NO.C3H6O2/c1-2-3-6-7-4-5-8-6;1-2-4-5-3-1;1-2-5-3-4-1/h2,6-7H,1,3-5H2;1-3H;1-3H2. The second-order valence-electron chi connectivity index (χ2n) is 3.46. The fourth-order valence-electron chi connectivity index (χ4n) is 1.25. The van der Waals surface area contributed by atoms with Crippen molar-refractivity contribution in [2.45, 2.75) is 12.6 Å². The fraction of sp³-hybridized carbons (Fsp3) is 0.583. The van der Waals surface area contributed by atoms with Crippen molar-refractivity contribution >= 4 is 0 Å². The Morgan fingerprint density at radius 1 is 1.33 bits per heavy atom. The lowest BCUT2D eigenvalue weighted by Gasteiger charge is -2.03. The Kier molecular flexibility index (Phi) is 9.00. The second kappa shape index (κ2) is 10.9. The number of hydrogen-bond acceptors (Lipinski definition) is 6. The van der Waals surface area contributed by atoms with Crippen molar-refractivity contribution in [1.29, 1.82) is 0 Å². The number of aromatic nitrogens is 1. The minimum Gasteiger partial charge on any atom is -0.365 e. The molecule has 2 fully saturated rings. The van der Waals surface area contributed by atoms with Crippen molar-refractivity contribution in [1.82, 2.24) is 10.5 Å². The number of rotatable bonds is 2. The molecular formula is C12H20N2O4. The lowest BCUT2D eigenvalue weighted by molar-refractivity contribution is 0.0692. The van der Waals surface area contributed by atoms with E-state index in [1.165, 1.54) is 6.26 Å². The smallest absolute Gasteiger partial charge is 0.146 e. The van der Waals surface area contributed by atoms with Crippen LogP contribution in [0.5, 0.6) is 0 Å². The van der Waals surface area contributed by atoms with Crippen LogP contribution in [0.15, 0.2) is 35.7 Å². The maximum atomic E-state index is 5.21. The molecule has 0 radical (unpaired) electrons. The van der Waals surface area contributed by atoms with Gasteiger partial charge < -0.3 is 18.7 Å². The first-order chi connectivity index (χ1) is 8.93. The van der Waals surface area contributed by atoms with Gasteiger partial charge in [-0.25, -0.2) is 0 Å². The molecule has 1 N–H and O–H groups in total. The van der Waals surface area contributed by atoms with E-state index in [1.807, 2.05) is 6.08 Å². The molecule has 1 atom stereocenters. The van der Waals surface area contributed by atoms with Crippen LogP contribution in [0.3, 0.4) is 0 Å². The van der Waals surface area contributed by atoms with Crippen LogP contribution in [0, 0.1) is 0 Å². The first-order valence-corrected chi connectivity index (χ1v) is 5.89. The predicted octanol–water partition coefficient (Wildman–Crippen LogP) is 1.17. The molecule has 18 heavy (non-hydrogen) atoms. The van der Waals surface area contributed by atoms with Crippen LogP contribution >= 0.6 is 0 Å². The molecule has 102 valence electrons. The highest BCUT2D eigenvalue weighted by atomic mass is 16.7. The van der Waals surface area contributed by atoms with Crippen molar-refractivity contribution in [3.8, 4) is 0 Å². The van der Waals surface area contributed by atoms with Crippen molar-refractivity contribution in [3.05, 3.63) is 31.2 Å². The van der Waals surface area contributed by atoms with Gasteiger partial charge in [-0.15, -0.1) is 6.58 Å². The third kappa shape index (κ3) is 7.97. The van der Waals surface area contributed by atoms with Crippen molar-refractivity contribution in [2.75, 3.05) is 33.2 Å². The molecule has 1 aromatic rings. The number of nitrogens with zero attached hydrogens (tertiary/aromatic N) is 1. The molecule has 1 unspecified atom stereocenters. The van der Waals surface area contributed by atoms with E-state index in [-0.39, 0.29) is 6.23 Å². The average Bonchev–Trinajstić information content (AvgIpc) is 3.17. The summed E-state index contributed by atoms with van der Waals surface area (Å²) in [6.45, 7) is 7.49. The topological polar surface area (TPSA) is 65.8 Å². The minimum atomic E-state index is 0.243. The molecule has 0 saturated carbocycles. The second-order valence-corrected chi connectivity index (χ2v) is 3.46. The van der Waals surface area contributed by atoms with E-state index in [2.05, 4.69) is 21.6 Å². The summed E-state index contributed by atoms with van der Waals surface area (Å²) in [7, 11) is 0. The minimum absolute atomic E-state index is 0.243. The van der Waals surface area contributed by atoms with E-state index in [0.717, 1.165) is 32.8 Å². The van der Waals surface area contributed by atoms with Gasteiger partial charge in [-0.3, -0.25) is 5.32 Å². The highest BCUT2D eigenvalue weighted by Crippen LogP contribution is 1.99. The molecule has 2 aliphatic heterocycles. The van der Waals surface area contributed by atoms with Gasteiger partial charge in [0.15, 0.2) is 0 Å². The van der Waals surface area contributed by atoms with Gasteiger partial charge in [0.25, 0.3) is 0 Å². The van der Waals surface area contributed by atoms with Gasteiger partial charge in [0, 0.05) is 13.0 Å². The molecule has 2 saturated heterocycles. The van der Waals surface area contributed by atoms with Crippen LogP contribution in [0.1, 0.15) is 6.42 Å². The summed E-state index contributed by atoms with van der Waals surface area (Å²) in [5, 5.41) is 6.51. The van der Waals surface area contributed by atoms with Crippen molar-refractivity contribution in [3.63, 3.8) is 0 Å². The highest BCUT2D eigenvalue weighted by Gasteiger charge is 2.10. The molecule has 6 heteroatoms. The zero-order valence-corrected chi connectivity index (χ0v) is 10.4. The Labute approximate surface area is 107 Å². The Bertz CT molecular complexity index is 245. The molecule has 0 amide bonds. The molecule has 1 aromatic heterocycles. The van der Waals surface area contributed by atoms with Crippen LogP contribution in [0.4, 0.5) is 0 Å². The Morgan fingerprint density at radius 2 is 2.17 bits per heavy atom. The summed E-state index contributed by atoms with van der Waals surface area (Å²) < 4.78 is 19.0. The molecule has 6 nitrogen and oxygen atoms in total. The molecule has 3 rings (SSSR count). The molecule has 2 aliphatic rings. The maximum Gasteiger partial charge on any atom is 0.146 e. The van der Waals surface area contributed by atoms with Gasteiger partial charge >= 0.3 is 0 Å². The SMILES string of the molecule is C1COCO1.C=CCC1NCCO1.c1cnoc1. The van der Waals surface area contributed by atoms with Gasteiger partial charge in [0.1, 0.15) is 19.3 Å². The van der Waals surface area contributed by atoms with Crippen LogP contribution in [-0.2, 0) is 14.2 Å². The fourth-order valence-corrected chi connectivity index (χ4v) is 1.25. The average molecular weight is 256 g/mol. The van der Waals surface area contributed by atoms with Crippen molar-refractivity contribution < 1.29 is 18.7 Å².